The topological polar surface area (TPSA) is 101 Å². The standard InChI is InChI=1S/C22H24Cl2N4O3/c1-13(20-26-18-6-4-15(23)12-19(18)27-20)25-21(29)14-3-5-16(17(24)11-14)22(30)7-2-9-28(31)10-8-22/h3-6,11-13,30-31H,2,7-10H2,1H3,(H,25,29)(H,26,27)/t13-,22?/m0/s1. The SMILES string of the molecule is C[C@H](NC(=O)c1ccc(C2(O)CCCN(O)CC2)c(Cl)c1)c1nc2ccc(Cl)cc2[nH]1. The Hall–Kier alpha value is -2.16. The number of rotatable bonds is 4. The lowest BCUT2D eigenvalue weighted by Crippen LogP contribution is -2.29. The number of aliphatic hydroxyl groups is 1. The maximum absolute atomic E-state index is 12.8. The van der Waals surface area contributed by atoms with Crippen molar-refractivity contribution in [1.82, 2.24) is 20.3 Å². The van der Waals surface area contributed by atoms with Crippen LogP contribution in [0.5, 0.6) is 0 Å². The number of aromatic amines is 1. The number of carbonyl (C=O) groups is 1. The number of imidazole rings is 1. The fourth-order valence-corrected chi connectivity index (χ4v) is 4.49. The monoisotopic (exact) mass is 462 g/mol. The Morgan fingerprint density at radius 3 is 2.81 bits per heavy atom. The minimum absolute atomic E-state index is 0.297. The zero-order valence-corrected chi connectivity index (χ0v) is 18.5. The third-order valence-electron chi connectivity index (χ3n) is 5.74. The van der Waals surface area contributed by atoms with Crippen LogP contribution in [-0.4, -0.2) is 44.3 Å². The normalized spacial score (nSPS) is 21.1. The van der Waals surface area contributed by atoms with Crippen molar-refractivity contribution >= 4 is 40.1 Å². The Kier molecular flexibility index (Phi) is 6.23. The first-order chi connectivity index (χ1) is 14.7. The van der Waals surface area contributed by atoms with Crippen LogP contribution < -0.4 is 5.32 Å². The van der Waals surface area contributed by atoms with Gasteiger partial charge in [-0.05, 0) is 56.5 Å². The lowest BCUT2D eigenvalue weighted by molar-refractivity contribution is -0.0933. The number of hydrogen-bond donors (Lipinski definition) is 4. The summed E-state index contributed by atoms with van der Waals surface area (Å²) in [5.41, 5.74) is 1.40. The van der Waals surface area contributed by atoms with Gasteiger partial charge in [0.2, 0.25) is 0 Å². The maximum atomic E-state index is 12.8. The molecule has 1 amide bonds. The van der Waals surface area contributed by atoms with Gasteiger partial charge in [0, 0.05) is 34.3 Å². The smallest absolute Gasteiger partial charge is 0.251 e. The lowest BCUT2D eigenvalue weighted by Gasteiger charge is -2.28. The van der Waals surface area contributed by atoms with E-state index in [4.69, 9.17) is 23.2 Å². The summed E-state index contributed by atoms with van der Waals surface area (Å²) in [6.45, 7) is 2.70. The summed E-state index contributed by atoms with van der Waals surface area (Å²) >= 11 is 12.5. The molecule has 1 aromatic heterocycles. The maximum Gasteiger partial charge on any atom is 0.251 e. The zero-order valence-electron chi connectivity index (χ0n) is 17.0. The number of hydrogen-bond acceptors (Lipinski definition) is 5. The summed E-state index contributed by atoms with van der Waals surface area (Å²) in [6.07, 6.45) is 1.50. The molecule has 4 N–H and O–H groups in total. The van der Waals surface area contributed by atoms with Crippen molar-refractivity contribution < 1.29 is 15.1 Å². The van der Waals surface area contributed by atoms with E-state index in [0.29, 0.717) is 59.3 Å². The van der Waals surface area contributed by atoms with Gasteiger partial charge in [0.25, 0.3) is 5.91 Å². The van der Waals surface area contributed by atoms with Crippen molar-refractivity contribution in [3.05, 3.63) is 63.4 Å². The second-order valence-electron chi connectivity index (χ2n) is 8.01. The van der Waals surface area contributed by atoms with Gasteiger partial charge >= 0.3 is 0 Å². The van der Waals surface area contributed by atoms with E-state index in [-0.39, 0.29) is 11.9 Å². The first-order valence-corrected chi connectivity index (χ1v) is 10.9. The van der Waals surface area contributed by atoms with E-state index >= 15 is 0 Å². The molecule has 0 spiro atoms. The van der Waals surface area contributed by atoms with E-state index in [1.807, 2.05) is 13.0 Å². The molecular weight excluding hydrogens is 439 g/mol. The lowest BCUT2D eigenvalue weighted by atomic mass is 9.86. The van der Waals surface area contributed by atoms with Gasteiger partial charge in [0.1, 0.15) is 5.82 Å². The molecule has 0 bridgehead atoms. The van der Waals surface area contributed by atoms with Crippen LogP contribution in [0.1, 0.15) is 54.0 Å². The van der Waals surface area contributed by atoms with Crippen LogP contribution in [0.15, 0.2) is 36.4 Å². The molecular formula is C22H24Cl2N4O3. The number of fused-ring (bicyclic) bond motifs is 1. The number of carbonyl (C=O) groups excluding carboxylic acids is 1. The second-order valence-corrected chi connectivity index (χ2v) is 8.86. The van der Waals surface area contributed by atoms with Gasteiger partial charge in [-0.15, -0.1) is 0 Å². The molecule has 4 rings (SSSR count). The molecule has 1 unspecified atom stereocenters. The summed E-state index contributed by atoms with van der Waals surface area (Å²) in [5, 5.41) is 25.9. The van der Waals surface area contributed by atoms with E-state index in [0.717, 1.165) is 11.0 Å². The molecule has 2 atom stereocenters. The molecule has 164 valence electrons. The molecule has 1 saturated heterocycles. The second kappa shape index (κ2) is 8.76. The van der Waals surface area contributed by atoms with Gasteiger partial charge in [-0.3, -0.25) is 4.79 Å². The highest BCUT2D eigenvalue weighted by atomic mass is 35.5. The molecule has 1 aliphatic heterocycles. The number of halogens is 2. The van der Waals surface area contributed by atoms with Crippen molar-refractivity contribution in [3.8, 4) is 0 Å². The minimum atomic E-state index is -1.13. The predicted octanol–water partition coefficient (Wildman–Crippen LogP) is 4.42. The van der Waals surface area contributed by atoms with Crippen LogP contribution in [0, 0.1) is 0 Å². The molecule has 0 aliphatic carbocycles. The average molecular weight is 463 g/mol. The number of amides is 1. The van der Waals surface area contributed by atoms with Gasteiger partial charge in [0.15, 0.2) is 0 Å². The molecule has 9 heteroatoms. The fraction of sp³-hybridized carbons (Fsp3) is 0.364. The van der Waals surface area contributed by atoms with E-state index in [2.05, 4.69) is 15.3 Å². The summed E-state index contributed by atoms with van der Waals surface area (Å²) in [5.74, 6) is 0.323. The van der Waals surface area contributed by atoms with Gasteiger partial charge in [-0.2, -0.15) is 5.06 Å². The van der Waals surface area contributed by atoms with Gasteiger partial charge in [-0.1, -0.05) is 29.3 Å². The number of aromatic nitrogens is 2. The van der Waals surface area contributed by atoms with Crippen molar-refractivity contribution in [2.45, 2.75) is 37.8 Å². The van der Waals surface area contributed by atoms with Gasteiger partial charge in [-0.25, -0.2) is 4.98 Å². The Labute approximate surface area is 189 Å². The molecule has 1 fully saturated rings. The van der Waals surface area contributed by atoms with Crippen molar-refractivity contribution in [2.24, 2.45) is 0 Å². The molecule has 3 aromatic rings. The molecule has 1 aliphatic rings. The number of benzene rings is 2. The third kappa shape index (κ3) is 4.71. The number of nitrogens with one attached hydrogen (secondary N) is 2. The highest BCUT2D eigenvalue weighted by molar-refractivity contribution is 6.32. The van der Waals surface area contributed by atoms with E-state index < -0.39 is 5.60 Å². The molecule has 0 radical (unpaired) electrons. The van der Waals surface area contributed by atoms with Crippen molar-refractivity contribution in [3.63, 3.8) is 0 Å². The van der Waals surface area contributed by atoms with Crippen molar-refractivity contribution in [1.29, 1.82) is 0 Å². The van der Waals surface area contributed by atoms with E-state index in [1.165, 1.54) is 5.06 Å². The zero-order chi connectivity index (χ0) is 22.2. The van der Waals surface area contributed by atoms with Gasteiger partial charge in [0.05, 0.1) is 22.7 Å². The fourth-order valence-electron chi connectivity index (χ4n) is 3.96. The Morgan fingerprint density at radius 2 is 2.03 bits per heavy atom. The average Bonchev–Trinajstić information content (AvgIpc) is 3.07. The Morgan fingerprint density at radius 1 is 1.23 bits per heavy atom. The molecule has 31 heavy (non-hydrogen) atoms. The summed E-state index contributed by atoms with van der Waals surface area (Å²) in [4.78, 5) is 20.5. The van der Waals surface area contributed by atoms with Crippen LogP contribution in [0.25, 0.3) is 11.0 Å². The van der Waals surface area contributed by atoms with Crippen LogP contribution >= 0.6 is 23.2 Å². The number of nitrogens with zero attached hydrogens (tertiary/aromatic N) is 2. The van der Waals surface area contributed by atoms with Crippen LogP contribution in [0.2, 0.25) is 10.0 Å². The third-order valence-corrected chi connectivity index (χ3v) is 6.29. The molecule has 0 saturated carbocycles. The van der Waals surface area contributed by atoms with Crippen LogP contribution in [-0.2, 0) is 5.60 Å². The number of H-pyrrole nitrogens is 1. The quantitative estimate of drug-likeness (QED) is 0.459. The largest absolute Gasteiger partial charge is 0.385 e. The highest BCUT2D eigenvalue weighted by Gasteiger charge is 2.33. The Balaban J connectivity index is 1.50. The summed E-state index contributed by atoms with van der Waals surface area (Å²) < 4.78 is 0. The highest BCUT2D eigenvalue weighted by Crippen LogP contribution is 2.37. The molecule has 7 nitrogen and oxygen atoms in total. The first kappa shape index (κ1) is 22.0. The minimum Gasteiger partial charge on any atom is -0.385 e. The molecule has 2 aromatic carbocycles. The number of hydroxylamine groups is 2. The van der Waals surface area contributed by atoms with Gasteiger partial charge < -0.3 is 20.6 Å². The van der Waals surface area contributed by atoms with Crippen LogP contribution in [0.4, 0.5) is 0 Å². The summed E-state index contributed by atoms with van der Waals surface area (Å²) in [6, 6.07) is 9.92. The first-order valence-electron chi connectivity index (χ1n) is 10.2. The van der Waals surface area contributed by atoms with E-state index in [1.54, 1.807) is 30.3 Å². The van der Waals surface area contributed by atoms with E-state index in [9.17, 15) is 15.1 Å². The Bertz CT molecular complexity index is 1120. The van der Waals surface area contributed by atoms with Crippen molar-refractivity contribution in [2.75, 3.05) is 13.1 Å². The van der Waals surface area contributed by atoms with Crippen LogP contribution in [0.3, 0.4) is 0 Å². The molecule has 2 heterocycles. The predicted molar refractivity (Wildman–Crippen MR) is 120 cm³/mol. The summed E-state index contributed by atoms with van der Waals surface area (Å²) in [7, 11) is 0.